The van der Waals surface area contributed by atoms with Crippen LogP contribution in [0.1, 0.15) is 31.7 Å². The van der Waals surface area contributed by atoms with Crippen LogP contribution in [0.25, 0.3) is 0 Å². The van der Waals surface area contributed by atoms with Crippen LogP contribution >= 0.6 is 0 Å². The van der Waals surface area contributed by atoms with Crippen LogP contribution in [0.15, 0.2) is 18.2 Å². The van der Waals surface area contributed by atoms with Gasteiger partial charge < -0.3 is 15.0 Å². The fraction of sp³-hybridized carbons (Fsp3) is 0.500. The van der Waals surface area contributed by atoms with Crippen LogP contribution in [0.2, 0.25) is 0 Å². The maximum absolute atomic E-state index is 11.9. The van der Waals surface area contributed by atoms with Crippen molar-refractivity contribution in [3.8, 4) is 5.75 Å². The third-order valence-corrected chi connectivity index (χ3v) is 3.55. The summed E-state index contributed by atoms with van der Waals surface area (Å²) >= 11 is 0. The fourth-order valence-electron chi connectivity index (χ4n) is 2.31. The van der Waals surface area contributed by atoms with Gasteiger partial charge in [-0.05, 0) is 30.5 Å². The van der Waals surface area contributed by atoms with E-state index in [2.05, 4.69) is 5.32 Å². The Labute approximate surface area is 125 Å². The summed E-state index contributed by atoms with van der Waals surface area (Å²) < 4.78 is 5.59. The number of amides is 2. The lowest BCUT2D eigenvalue weighted by atomic mass is 10.1. The predicted octanol–water partition coefficient (Wildman–Crippen LogP) is 1.89. The van der Waals surface area contributed by atoms with E-state index in [1.54, 1.807) is 11.9 Å². The molecule has 0 fully saturated rings. The molecular formula is C16H22N2O3. The summed E-state index contributed by atoms with van der Waals surface area (Å²) in [7, 11) is 1.77. The lowest BCUT2D eigenvalue weighted by molar-refractivity contribution is -0.121. The second-order valence-corrected chi connectivity index (χ2v) is 5.20. The monoisotopic (exact) mass is 290 g/mol. The van der Waals surface area contributed by atoms with Gasteiger partial charge in [0.1, 0.15) is 5.75 Å². The molecular weight excluding hydrogens is 268 g/mol. The van der Waals surface area contributed by atoms with Gasteiger partial charge >= 0.3 is 0 Å². The second-order valence-electron chi connectivity index (χ2n) is 5.20. The van der Waals surface area contributed by atoms with Gasteiger partial charge in [0.2, 0.25) is 11.8 Å². The maximum Gasteiger partial charge on any atom is 0.230 e. The Morgan fingerprint density at radius 1 is 1.43 bits per heavy atom. The zero-order valence-electron chi connectivity index (χ0n) is 12.6. The number of hydrogen-bond donors (Lipinski definition) is 1. The molecule has 0 atom stereocenters. The Bertz CT molecular complexity index is 528. The van der Waals surface area contributed by atoms with E-state index in [9.17, 15) is 9.59 Å². The Morgan fingerprint density at radius 3 is 3.00 bits per heavy atom. The van der Waals surface area contributed by atoms with Crippen LogP contribution in [0.5, 0.6) is 5.75 Å². The molecule has 21 heavy (non-hydrogen) atoms. The molecule has 2 amide bonds. The number of nitrogens with one attached hydrogen (secondary N) is 1. The fourth-order valence-corrected chi connectivity index (χ4v) is 2.31. The number of rotatable bonds is 5. The first-order valence-electron chi connectivity index (χ1n) is 7.40. The average molecular weight is 290 g/mol. The molecule has 1 aliphatic rings. The normalized spacial score (nSPS) is 14.2. The van der Waals surface area contributed by atoms with Crippen molar-refractivity contribution in [1.82, 2.24) is 5.32 Å². The van der Waals surface area contributed by atoms with Gasteiger partial charge in [0.15, 0.2) is 0 Å². The minimum absolute atomic E-state index is 0.0575. The van der Waals surface area contributed by atoms with E-state index in [0.717, 1.165) is 29.8 Å². The first-order valence-corrected chi connectivity index (χ1v) is 7.40. The van der Waals surface area contributed by atoms with E-state index >= 15 is 0 Å². The SMILES string of the molecule is CCCC(=O)NCCc1ccc2c(c1)N(C)C(=O)CCO2. The van der Waals surface area contributed by atoms with Crippen molar-refractivity contribution in [3.63, 3.8) is 0 Å². The van der Waals surface area contributed by atoms with Crippen molar-refractivity contribution in [1.29, 1.82) is 0 Å². The summed E-state index contributed by atoms with van der Waals surface area (Å²) in [5.74, 6) is 0.882. The minimum Gasteiger partial charge on any atom is -0.491 e. The lowest BCUT2D eigenvalue weighted by Crippen LogP contribution is -2.26. The van der Waals surface area contributed by atoms with Gasteiger partial charge in [-0.3, -0.25) is 9.59 Å². The molecule has 0 saturated carbocycles. The van der Waals surface area contributed by atoms with E-state index in [1.165, 1.54) is 0 Å². The highest BCUT2D eigenvalue weighted by molar-refractivity contribution is 5.95. The number of fused-ring (bicyclic) bond motifs is 1. The Balaban J connectivity index is 2.01. The molecule has 0 saturated heterocycles. The summed E-state index contributed by atoms with van der Waals surface area (Å²) in [6.07, 6.45) is 2.56. The number of ether oxygens (including phenoxy) is 1. The standard InChI is InChI=1S/C16H22N2O3/c1-3-4-15(19)17-9-7-12-5-6-14-13(11-12)18(2)16(20)8-10-21-14/h5-6,11H,3-4,7-10H2,1-2H3,(H,17,19). The van der Waals surface area contributed by atoms with Gasteiger partial charge in [-0.25, -0.2) is 0 Å². The minimum atomic E-state index is 0.0575. The predicted molar refractivity (Wildman–Crippen MR) is 81.6 cm³/mol. The summed E-state index contributed by atoms with van der Waals surface area (Å²) in [4.78, 5) is 24.9. The quantitative estimate of drug-likeness (QED) is 0.901. The zero-order valence-corrected chi connectivity index (χ0v) is 12.6. The molecule has 1 aromatic carbocycles. The van der Waals surface area contributed by atoms with Crippen molar-refractivity contribution in [3.05, 3.63) is 23.8 Å². The smallest absolute Gasteiger partial charge is 0.230 e. The third kappa shape index (κ3) is 3.97. The van der Waals surface area contributed by atoms with Gasteiger partial charge in [0, 0.05) is 20.0 Å². The molecule has 1 aromatic rings. The van der Waals surface area contributed by atoms with Crippen molar-refractivity contribution in [2.24, 2.45) is 0 Å². The van der Waals surface area contributed by atoms with Gasteiger partial charge in [-0.2, -0.15) is 0 Å². The molecule has 0 bridgehead atoms. The summed E-state index contributed by atoms with van der Waals surface area (Å²) in [6, 6.07) is 5.84. The zero-order chi connectivity index (χ0) is 15.2. The van der Waals surface area contributed by atoms with Gasteiger partial charge in [-0.15, -0.1) is 0 Å². The number of hydrogen-bond acceptors (Lipinski definition) is 3. The Kier molecular flexibility index (Phi) is 5.20. The number of carbonyl (C=O) groups excluding carboxylic acids is 2. The third-order valence-electron chi connectivity index (χ3n) is 3.55. The average Bonchev–Trinajstić information content (AvgIpc) is 2.60. The highest BCUT2D eigenvalue weighted by atomic mass is 16.5. The molecule has 0 aliphatic carbocycles. The molecule has 0 spiro atoms. The molecule has 1 N–H and O–H groups in total. The largest absolute Gasteiger partial charge is 0.491 e. The second kappa shape index (κ2) is 7.11. The van der Waals surface area contributed by atoms with E-state index in [-0.39, 0.29) is 11.8 Å². The first-order chi connectivity index (χ1) is 10.1. The molecule has 5 heteroatoms. The highest BCUT2D eigenvalue weighted by Crippen LogP contribution is 2.31. The molecule has 2 rings (SSSR count). The van der Waals surface area contributed by atoms with E-state index in [4.69, 9.17) is 4.74 Å². The summed E-state index contributed by atoms with van der Waals surface area (Å²) in [6.45, 7) is 3.01. The first kappa shape index (κ1) is 15.4. The molecule has 0 aromatic heterocycles. The number of benzene rings is 1. The van der Waals surface area contributed by atoms with Crippen molar-refractivity contribution >= 4 is 17.5 Å². The van der Waals surface area contributed by atoms with Crippen LogP contribution < -0.4 is 15.0 Å². The van der Waals surface area contributed by atoms with Crippen LogP contribution in [-0.2, 0) is 16.0 Å². The molecule has 0 unspecified atom stereocenters. The number of nitrogens with zero attached hydrogens (tertiary/aromatic N) is 1. The highest BCUT2D eigenvalue weighted by Gasteiger charge is 2.19. The lowest BCUT2D eigenvalue weighted by Gasteiger charge is -2.17. The summed E-state index contributed by atoms with van der Waals surface area (Å²) in [5.41, 5.74) is 1.88. The van der Waals surface area contributed by atoms with Crippen LogP contribution in [0.4, 0.5) is 5.69 Å². The molecule has 1 heterocycles. The van der Waals surface area contributed by atoms with Gasteiger partial charge in [0.25, 0.3) is 0 Å². The Morgan fingerprint density at radius 2 is 2.24 bits per heavy atom. The van der Waals surface area contributed by atoms with Crippen LogP contribution in [0.3, 0.4) is 0 Å². The van der Waals surface area contributed by atoms with Crippen molar-refractivity contribution in [2.45, 2.75) is 32.6 Å². The van der Waals surface area contributed by atoms with E-state index in [1.807, 2.05) is 25.1 Å². The number of carbonyl (C=O) groups is 2. The number of anilines is 1. The van der Waals surface area contributed by atoms with Crippen LogP contribution in [0, 0.1) is 0 Å². The van der Waals surface area contributed by atoms with E-state index in [0.29, 0.717) is 26.0 Å². The molecule has 114 valence electrons. The summed E-state index contributed by atoms with van der Waals surface area (Å²) in [5, 5.41) is 2.89. The van der Waals surface area contributed by atoms with Gasteiger partial charge in [0.05, 0.1) is 18.7 Å². The van der Waals surface area contributed by atoms with Crippen molar-refractivity contribution in [2.75, 3.05) is 25.1 Å². The van der Waals surface area contributed by atoms with E-state index < -0.39 is 0 Å². The topological polar surface area (TPSA) is 58.6 Å². The Hall–Kier alpha value is -2.04. The molecule has 0 radical (unpaired) electrons. The molecule has 5 nitrogen and oxygen atoms in total. The van der Waals surface area contributed by atoms with Gasteiger partial charge in [-0.1, -0.05) is 13.0 Å². The maximum atomic E-state index is 11.9. The molecule has 1 aliphatic heterocycles. The van der Waals surface area contributed by atoms with Crippen molar-refractivity contribution < 1.29 is 14.3 Å². The van der Waals surface area contributed by atoms with Crippen LogP contribution in [-0.4, -0.2) is 32.0 Å².